The third-order valence-corrected chi connectivity index (χ3v) is 5.50. The van der Waals surface area contributed by atoms with Crippen molar-refractivity contribution in [1.82, 2.24) is 20.3 Å². The van der Waals surface area contributed by atoms with Crippen molar-refractivity contribution in [2.75, 3.05) is 18.0 Å². The van der Waals surface area contributed by atoms with E-state index in [-0.39, 0.29) is 5.91 Å². The van der Waals surface area contributed by atoms with E-state index < -0.39 is 0 Å². The summed E-state index contributed by atoms with van der Waals surface area (Å²) in [6, 6.07) is 9.77. The highest BCUT2D eigenvalue weighted by atomic mass is 32.1. The van der Waals surface area contributed by atoms with E-state index in [0.717, 1.165) is 34.8 Å². The Bertz CT molecular complexity index is 900. The van der Waals surface area contributed by atoms with Crippen molar-refractivity contribution >= 4 is 33.3 Å². The average molecular weight is 367 g/mol. The van der Waals surface area contributed by atoms with Crippen LogP contribution in [0.3, 0.4) is 0 Å². The van der Waals surface area contributed by atoms with Crippen LogP contribution in [0.2, 0.25) is 0 Å². The van der Waals surface area contributed by atoms with E-state index >= 15 is 0 Å². The molecule has 1 aliphatic rings. The zero-order valence-corrected chi connectivity index (χ0v) is 15.6. The molecule has 3 heterocycles. The van der Waals surface area contributed by atoms with Crippen LogP contribution in [0, 0.1) is 6.92 Å². The van der Waals surface area contributed by atoms with Gasteiger partial charge in [0.05, 0.1) is 16.8 Å². The lowest BCUT2D eigenvalue weighted by Gasteiger charge is -2.28. The number of aryl methyl sites for hydroxylation is 1. The number of nitrogens with zero attached hydrogens (tertiary/aromatic N) is 4. The SMILES string of the molecule is Cc1cc(N2CCCCC2)nc(CNC(=O)c2nc3ccccc3s2)n1. The Hall–Kier alpha value is -2.54. The monoisotopic (exact) mass is 367 g/mol. The molecule has 134 valence electrons. The molecule has 0 bridgehead atoms. The first-order valence-corrected chi connectivity index (χ1v) is 9.74. The molecular weight excluding hydrogens is 346 g/mol. The second-order valence-electron chi connectivity index (χ2n) is 6.50. The number of aromatic nitrogens is 3. The molecule has 0 saturated carbocycles. The van der Waals surface area contributed by atoms with Gasteiger partial charge in [-0.3, -0.25) is 4.79 Å². The summed E-state index contributed by atoms with van der Waals surface area (Å²) in [5.74, 6) is 1.41. The minimum absolute atomic E-state index is 0.184. The van der Waals surface area contributed by atoms with Crippen LogP contribution < -0.4 is 10.2 Å². The molecule has 6 nitrogen and oxygen atoms in total. The van der Waals surface area contributed by atoms with E-state index in [4.69, 9.17) is 0 Å². The maximum atomic E-state index is 12.4. The van der Waals surface area contributed by atoms with Crippen LogP contribution in [-0.2, 0) is 6.54 Å². The van der Waals surface area contributed by atoms with Gasteiger partial charge in [0.2, 0.25) is 0 Å². The van der Waals surface area contributed by atoms with Crippen LogP contribution in [0.5, 0.6) is 0 Å². The molecule has 1 N–H and O–H groups in total. The average Bonchev–Trinajstić information content (AvgIpc) is 3.11. The lowest BCUT2D eigenvalue weighted by molar-refractivity contribution is 0.0949. The molecule has 4 rings (SSSR count). The summed E-state index contributed by atoms with van der Waals surface area (Å²) in [4.78, 5) is 28.2. The number of nitrogens with one attached hydrogen (secondary N) is 1. The fraction of sp³-hybridized carbons (Fsp3) is 0.368. The molecule has 7 heteroatoms. The Morgan fingerprint density at radius 3 is 2.77 bits per heavy atom. The second-order valence-corrected chi connectivity index (χ2v) is 7.53. The molecule has 1 fully saturated rings. The number of anilines is 1. The highest BCUT2D eigenvalue weighted by Gasteiger charge is 2.15. The largest absolute Gasteiger partial charge is 0.357 e. The van der Waals surface area contributed by atoms with Gasteiger partial charge in [-0.25, -0.2) is 15.0 Å². The molecule has 0 spiro atoms. The summed E-state index contributed by atoms with van der Waals surface area (Å²) >= 11 is 1.40. The normalized spacial score (nSPS) is 14.6. The van der Waals surface area contributed by atoms with Crippen LogP contribution in [-0.4, -0.2) is 33.9 Å². The molecule has 26 heavy (non-hydrogen) atoms. The van der Waals surface area contributed by atoms with Gasteiger partial charge in [0.25, 0.3) is 5.91 Å². The highest BCUT2D eigenvalue weighted by Crippen LogP contribution is 2.21. The second kappa shape index (κ2) is 7.37. The predicted octanol–water partition coefficient (Wildman–Crippen LogP) is 3.32. The van der Waals surface area contributed by atoms with E-state index in [1.807, 2.05) is 37.3 Å². The van der Waals surface area contributed by atoms with Crippen molar-refractivity contribution in [3.05, 3.63) is 46.9 Å². The third kappa shape index (κ3) is 3.67. The van der Waals surface area contributed by atoms with Gasteiger partial charge >= 0.3 is 0 Å². The molecular formula is C19H21N5OS. The maximum absolute atomic E-state index is 12.4. The predicted molar refractivity (Wildman–Crippen MR) is 104 cm³/mol. The molecule has 2 aromatic heterocycles. The smallest absolute Gasteiger partial charge is 0.280 e. The Labute approximate surface area is 156 Å². The molecule has 1 amide bonds. The quantitative estimate of drug-likeness (QED) is 0.766. The van der Waals surface area contributed by atoms with Gasteiger partial charge in [-0.1, -0.05) is 12.1 Å². The van der Waals surface area contributed by atoms with Gasteiger partial charge in [0.1, 0.15) is 11.6 Å². The molecule has 3 aromatic rings. The lowest BCUT2D eigenvalue weighted by atomic mass is 10.1. The number of fused-ring (bicyclic) bond motifs is 1. The molecule has 1 saturated heterocycles. The van der Waals surface area contributed by atoms with E-state index in [2.05, 4.69) is 25.2 Å². The number of piperidine rings is 1. The lowest BCUT2D eigenvalue weighted by Crippen LogP contribution is -2.31. The Kier molecular flexibility index (Phi) is 4.79. The first kappa shape index (κ1) is 16.9. The molecule has 0 atom stereocenters. The van der Waals surface area contributed by atoms with E-state index in [1.165, 1.54) is 30.6 Å². The number of benzene rings is 1. The van der Waals surface area contributed by atoms with E-state index in [0.29, 0.717) is 17.4 Å². The van der Waals surface area contributed by atoms with Gasteiger partial charge in [-0.05, 0) is 38.3 Å². The number of para-hydroxylation sites is 1. The summed E-state index contributed by atoms with van der Waals surface area (Å²) in [5.41, 5.74) is 1.77. The van der Waals surface area contributed by atoms with E-state index in [1.54, 1.807) is 0 Å². The van der Waals surface area contributed by atoms with Crippen LogP contribution in [0.1, 0.15) is 40.6 Å². The van der Waals surface area contributed by atoms with Crippen molar-refractivity contribution < 1.29 is 4.79 Å². The van der Waals surface area contributed by atoms with Crippen molar-refractivity contribution in [2.24, 2.45) is 0 Å². The Balaban J connectivity index is 1.46. The first-order chi connectivity index (χ1) is 12.7. The molecule has 1 aliphatic heterocycles. The first-order valence-electron chi connectivity index (χ1n) is 8.92. The van der Waals surface area contributed by atoms with E-state index in [9.17, 15) is 4.79 Å². The van der Waals surface area contributed by atoms with Crippen molar-refractivity contribution in [3.63, 3.8) is 0 Å². The molecule has 0 aliphatic carbocycles. The van der Waals surface area contributed by atoms with Crippen LogP contribution >= 0.6 is 11.3 Å². The van der Waals surface area contributed by atoms with Crippen LogP contribution in [0.4, 0.5) is 5.82 Å². The van der Waals surface area contributed by atoms with Gasteiger partial charge in [0.15, 0.2) is 5.01 Å². The summed E-state index contributed by atoms with van der Waals surface area (Å²) in [6.45, 7) is 4.34. The van der Waals surface area contributed by atoms with Crippen molar-refractivity contribution in [3.8, 4) is 0 Å². The van der Waals surface area contributed by atoms with Gasteiger partial charge < -0.3 is 10.2 Å². The third-order valence-electron chi connectivity index (χ3n) is 4.46. The fourth-order valence-electron chi connectivity index (χ4n) is 3.18. The fourth-order valence-corrected chi connectivity index (χ4v) is 4.06. The van der Waals surface area contributed by atoms with Gasteiger partial charge in [0, 0.05) is 24.8 Å². The summed E-state index contributed by atoms with van der Waals surface area (Å²) < 4.78 is 1.01. The van der Waals surface area contributed by atoms with Crippen LogP contribution in [0.15, 0.2) is 30.3 Å². The highest BCUT2D eigenvalue weighted by molar-refractivity contribution is 7.20. The number of hydrogen-bond donors (Lipinski definition) is 1. The zero-order chi connectivity index (χ0) is 17.9. The molecule has 0 radical (unpaired) electrons. The summed E-state index contributed by atoms with van der Waals surface area (Å²) in [6.07, 6.45) is 3.69. The van der Waals surface area contributed by atoms with Crippen molar-refractivity contribution in [1.29, 1.82) is 0 Å². The number of hydrogen-bond acceptors (Lipinski definition) is 6. The Morgan fingerprint density at radius 1 is 1.15 bits per heavy atom. The number of carbonyl (C=O) groups excluding carboxylic acids is 1. The maximum Gasteiger partial charge on any atom is 0.280 e. The standard InChI is InChI=1S/C19H21N5OS/c1-13-11-17(24-9-5-2-6-10-24)23-16(21-13)12-20-18(25)19-22-14-7-3-4-8-15(14)26-19/h3-4,7-8,11H,2,5-6,9-10,12H2,1H3,(H,20,25). The zero-order valence-electron chi connectivity index (χ0n) is 14.7. The topological polar surface area (TPSA) is 71.0 Å². The Morgan fingerprint density at radius 2 is 1.96 bits per heavy atom. The van der Waals surface area contributed by atoms with Gasteiger partial charge in [-0.15, -0.1) is 11.3 Å². The summed E-state index contributed by atoms with van der Waals surface area (Å²) in [5, 5.41) is 3.37. The number of rotatable bonds is 4. The number of carbonyl (C=O) groups is 1. The van der Waals surface area contributed by atoms with Gasteiger partial charge in [-0.2, -0.15) is 0 Å². The molecule has 1 aromatic carbocycles. The summed E-state index contributed by atoms with van der Waals surface area (Å²) in [7, 11) is 0. The molecule has 0 unspecified atom stereocenters. The number of amides is 1. The minimum Gasteiger partial charge on any atom is -0.357 e. The number of thiazole rings is 1. The minimum atomic E-state index is -0.184. The van der Waals surface area contributed by atoms with Crippen molar-refractivity contribution in [2.45, 2.75) is 32.7 Å². The van der Waals surface area contributed by atoms with Crippen LogP contribution in [0.25, 0.3) is 10.2 Å².